The van der Waals surface area contributed by atoms with Crippen molar-refractivity contribution < 1.29 is 9.90 Å². The highest BCUT2D eigenvalue weighted by Gasteiger charge is 2.06. The molecule has 2 rings (SSSR count). The van der Waals surface area contributed by atoms with Crippen LogP contribution in [0.1, 0.15) is 31.7 Å². The molecule has 0 saturated heterocycles. The number of aliphatic carboxylic acids is 1. The molecule has 0 aliphatic carbocycles. The van der Waals surface area contributed by atoms with Crippen LogP contribution in [0.15, 0.2) is 36.5 Å². The van der Waals surface area contributed by atoms with Crippen molar-refractivity contribution in [2.45, 2.75) is 32.7 Å². The molecule has 1 aromatic heterocycles. The van der Waals surface area contributed by atoms with E-state index < -0.39 is 5.97 Å². The lowest BCUT2D eigenvalue weighted by Crippen LogP contribution is -2.17. The number of pyridine rings is 1. The fourth-order valence-corrected chi connectivity index (χ4v) is 2.40. The topological polar surface area (TPSA) is 62.2 Å². The number of carboxylic acids is 1. The summed E-state index contributed by atoms with van der Waals surface area (Å²) in [5, 5.41) is 13.2. The number of nitrogens with one attached hydrogen (secondary N) is 1. The highest BCUT2D eigenvalue weighted by Crippen LogP contribution is 2.16. The second-order valence-electron chi connectivity index (χ2n) is 5.50. The Bertz CT molecular complexity index is 593. The number of nitrogens with zero attached hydrogens (tertiary/aromatic N) is 1. The van der Waals surface area contributed by atoms with Crippen molar-refractivity contribution in [1.29, 1.82) is 0 Å². The van der Waals surface area contributed by atoms with E-state index in [-0.39, 0.29) is 6.42 Å². The summed E-state index contributed by atoms with van der Waals surface area (Å²) in [6, 6.07) is 10.2. The molecule has 2 aromatic rings. The molecule has 0 spiro atoms. The monoisotopic (exact) mass is 286 g/mol. The van der Waals surface area contributed by atoms with Gasteiger partial charge in [0, 0.05) is 24.5 Å². The Labute approximate surface area is 125 Å². The van der Waals surface area contributed by atoms with Gasteiger partial charge < -0.3 is 10.4 Å². The average Bonchev–Trinajstić information content (AvgIpc) is 2.49. The summed E-state index contributed by atoms with van der Waals surface area (Å²) in [5.41, 5.74) is 2.25. The molecule has 0 saturated carbocycles. The Balaban J connectivity index is 1.79. The number of rotatable bonds is 8. The zero-order valence-corrected chi connectivity index (χ0v) is 12.4. The van der Waals surface area contributed by atoms with Crippen LogP contribution in [-0.2, 0) is 11.3 Å². The maximum atomic E-state index is 10.5. The van der Waals surface area contributed by atoms with Gasteiger partial charge in [0.15, 0.2) is 0 Å². The lowest BCUT2D eigenvalue weighted by atomic mass is 10.0. The maximum Gasteiger partial charge on any atom is 0.303 e. The Morgan fingerprint density at radius 3 is 2.90 bits per heavy atom. The van der Waals surface area contributed by atoms with Crippen LogP contribution in [0.25, 0.3) is 10.9 Å². The van der Waals surface area contributed by atoms with Gasteiger partial charge in [-0.05, 0) is 36.9 Å². The fourth-order valence-electron chi connectivity index (χ4n) is 2.40. The number of aromatic nitrogens is 1. The molecular weight excluding hydrogens is 264 g/mol. The molecule has 1 atom stereocenters. The van der Waals surface area contributed by atoms with E-state index in [1.165, 1.54) is 5.56 Å². The van der Waals surface area contributed by atoms with Gasteiger partial charge in [-0.25, -0.2) is 0 Å². The first-order valence-electron chi connectivity index (χ1n) is 7.42. The summed E-state index contributed by atoms with van der Waals surface area (Å²) in [7, 11) is 0. The van der Waals surface area contributed by atoms with Crippen molar-refractivity contribution >= 4 is 16.9 Å². The molecule has 0 amide bonds. The van der Waals surface area contributed by atoms with Crippen molar-refractivity contribution in [3.63, 3.8) is 0 Å². The van der Waals surface area contributed by atoms with Crippen LogP contribution >= 0.6 is 0 Å². The summed E-state index contributed by atoms with van der Waals surface area (Å²) in [4.78, 5) is 15.0. The third kappa shape index (κ3) is 4.83. The highest BCUT2D eigenvalue weighted by atomic mass is 16.4. The van der Waals surface area contributed by atoms with Crippen molar-refractivity contribution in [2.24, 2.45) is 5.92 Å². The maximum absolute atomic E-state index is 10.5. The quantitative estimate of drug-likeness (QED) is 0.731. The van der Waals surface area contributed by atoms with E-state index in [9.17, 15) is 4.79 Å². The number of hydrogen-bond donors (Lipinski definition) is 2. The third-order valence-corrected chi connectivity index (χ3v) is 3.70. The number of carbonyl (C=O) groups is 1. The first-order valence-corrected chi connectivity index (χ1v) is 7.42. The van der Waals surface area contributed by atoms with Crippen LogP contribution in [0.4, 0.5) is 0 Å². The summed E-state index contributed by atoms with van der Waals surface area (Å²) in [5.74, 6) is -0.282. The van der Waals surface area contributed by atoms with Gasteiger partial charge >= 0.3 is 5.97 Å². The van der Waals surface area contributed by atoms with Crippen LogP contribution in [-0.4, -0.2) is 22.6 Å². The van der Waals surface area contributed by atoms with Crippen molar-refractivity contribution in [2.75, 3.05) is 6.54 Å². The summed E-state index contributed by atoms with van der Waals surface area (Å²) in [6.07, 6.45) is 3.81. The van der Waals surface area contributed by atoms with Crippen molar-refractivity contribution in [3.05, 3.63) is 42.1 Å². The predicted molar refractivity (Wildman–Crippen MR) is 84.1 cm³/mol. The van der Waals surface area contributed by atoms with Crippen molar-refractivity contribution in [1.82, 2.24) is 10.3 Å². The average molecular weight is 286 g/mol. The molecule has 0 fully saturated rings. The summed E-state index contributed by atoms with van der Waals surface area (Å²) < 4.78 is 0. The first kappa shape index (κ1) is 15.4. The van der Waals surface area contributed by atoms with Crippen LogP contribution in [0.3, 0.4) is 0 Å². The molecular formula is C17H22N2O2. The minimum Gasteiger partial charge on any atom is -0.481 e. The first-order chi connectivity index (χ1) is 10.2. The Morgan fingerprint density at radius 2 is 2.10 bits per heavy atom. The Kier molecular flexibility index (Phi) is 5.69. The Hall–Kier alpha value is -1.94. The lowest BCUT2D eigenvalue weighted by Gasteiger charge is -2.11. The largest absolute Gasteiger partial charge is 0.481 e. The zero-order valence-electron chi connectivity index (χ0n) is 12.4. The highest BCUT2D eigenvalue weighted by molar-refractivity contribution is 5.81. The molecule has 2 N–H and O–H groups in total. The molecule has 21 heavy (non-hydrogen) atoms. The van der Waals surface area contributed by atoms with Crippen molar-refractivity contribution in [3.8, 4) is 0 Å². The van der Waals surface area contributed by atoms with E-state index in [0.29, 0.717) is 5.92 Å². The van der Waals surface area contributed by atoms with Gasteiger partial charge in [0.25, 0.3) is 0 Å². The minimum atomic E-state index is -0.711. The van der Waals surface area contributed by atoms with Gasteiger partial charge in [-0.2, -0.15) is 0 Å². The number of benzene rings is 1. The smallest absolute Gasteiger partial charge is 0.303 e. The van der Waals surface area contributed by atoms with Gasteiger partial charge in [-0.1, -0.05) is 31.2 Å². The lowest BCUT2D eigenvalue weighted by molar-refractivity contribution is -0.137. The molecule has 0 aliphatic heterocycles. The summed E-state index contributed by atoms with van der Waals surface area (Å²) in [6.45, 7) is 3.79. The molecule has 4 heteroatoms. The molecule has 4 nitrogen and oxygen atoms in total. The van der Waals surface area contributed by atoms with E-state index in [0.717, 1.165) is 36.8 Å². The van der Waals surface area contributed by atoms with Gasteiger partial charge in [0.2, 0.25) is 0 Å². The van der Waals surface area contributed by atoms with E-state index in [4.69, 9.17) is 5.11 Å². The minimum absolute atomic E-state index is 0.258. The SMILES string of the molecule is CC(CCNCc1cccc2cccnc12)CCC(=O)O. The zero-order chi connectivity index (χ0) is 15.1. The number of carboxylic acid groups (broad SMARTS) is 1. The molecule has 1 heterocycles. The van der Waals surface area contributed by atoms with Gasteiger partial charge in [-0.15, -0.1) is 0 Å². The molecule has 112 valence electrons. The van der Waals surface area contributed by atoms with Gasteiger partial charge in [0.1, 0.15) is 0 Å². The predicted octanol–water partition coefficient (Wildman–Crippen LogP) is 3.22. The van der Waals surface area contributed by atoms with Gasteiger partial charge in [-0.3, -0.25) is 9.78 Å². The van der Waals surface area contributed by atoms with E-state index >= 15 is 0 Å². The molecule has 1 aromatic carbocycles. The molecule has 1 unspecified atom stereocenters. The number of hydrogen-bond acceptors (Lipinski definition) is 3. The van der Waals surface area contributed by atoms with Crippen LogP contribution in [0.2, 0.25) is 0 Å². The molecule has 0 bridgehead atoms. The second-order valence-corrected chi connectivity index (χ2v) is 5.50. The molecule has 0 radical (unpaired) electrons. The van der Waals surface area contributed by atoms with E-state index in [1.54, 1.807) is 0 Å². The van der Waals surface area contributed by atoms with E-state index in [1.807, 2.05) is 12.3 Å². The van der Waals surface area contributed by atoms with Gasteiger partial charge in [0.05, 0.1) is 5.52 Å². The third-order valence-electron chi connectivity index (χ3n) is 3.70. The molecule has 0 aliphatic rings. The normalized spacial score (nSPS) is 12.4. The second kappa shape index (κ2) is 7.74. The fraction of sp³-hybridized carbons (Fsp3) is 0.412. The van der Waals surface area contributed by atoms with Crippen LogP contribution < -0.4 is 5.32 Å². The number of para-hydroxylation sites is 1. The summed E-state index contributed by atoms with van der Waals surface area (Å²) >= 11 is 0. The van der Waals surface area contributed by atoms with Crippen LogP contribution in [0, 0.1) is 5.92 Å². The van der Waals surface area contributed by atoms with E-state index in [2.05, 4.69) is 41.5 Å². The Morgan fingerprint density at radius 1 is 1.29 bits per heavy atom. The standard InChI is InChI=1S/C17H22N2O2/c1-13(7-8-16(20)21)9-11-18-12-15-5-2-4-14-6-3-10-19-17(14)15/h2-6,10,13,18H,7-9,11-12H2,1H3,(H,20,21). The van der Waals surface area contributed by atoms with Crippen LogP contribution in [0.5, 0.6) is 0 Å². The number of fused-ring (bicyclic) bond motifs is 1.